The van der Waals surface area contributed by atoms with Gasteiger partial charge in [0, 0.05) is 18.4 Å². The van der Waals surface area contributed by atoms with E-state index in [4.69, 9.17) is 19.2 Å². The highest BCUT2D eigenvalue weighted by atomic mass is 19.1. The minimum absolute atomic E-state index is 0.0511. The van der Waals surface area contributed by atoms with Crippen LogP contribution in [0.25, 0.3) is 22.6 Å². The Labute approximate surface area is 278 Å². The molecule has 2 aliphatic rings. The highest BCUT2D eigenvalue weighted by Gasteiger charge is 2.38. The fourth-order valence-corrected chi connectivity index (χ4v) is 6.81. The molecule has 1 fully saturated rings. The molecule has 1 saturated heterocycles. The fraction of sp³-hybridized carbons (Fsp3) is 0.342. The molecule has 6 rings (SSSR count). The number of allylic oxidation sites excluding steroid dienone is 1. The summed E-state index contributed by atoms with van der Waals surface area (Å²) in [6.07, 6.45) is 3.31. The molecular formula is C38H39F2N3O5. The summed E-state index contributed by atoms with van der Waals surface area (Å²) in [6, 6.07) is 14.1. The van der Waals surface area contributed by atoms with E-state index in [-0.39, 0.29) is 30.2 Å². The summed E-state index contributed by atoms with van der Waals surface area (Å²) < 4.78 is 45.9. The molecule has 10 heteroatoms. The molecule has 4 aromatic rings. The van der Waals surface area contributed by atoms with Gasteiger partial charge in [0.25, 0.3) is 5.91 Å². The molecule has 1 aromatic heterocycles. The topological polar surface area (TPSA) is 90.0 Å². The number of benzene rings is 3. The van der Waals surface area contributed by atoms with Gasteiger partial charge in [-0.3, -0.25) is 9.59 Å². The molecule has 0 bridgehead atoms. The maximum absolute atomic E-state index is 14.6. The van der Waals surface area contributed by atoms with Gasteiger partial charge in [-0.25, -0.2) is 13.8 Å². The molecule has 0 radical (unpaired) electrons. The highest BCUT2D eigenvalue weighted by Crippen LogP contribution is 2.46. The number of anilines is 1. The van der Waals surface area contributed by atoms with Crippen molar-refractivity contribution in [2.45, 2.75) is 46.1 Å². The van der Waals surface area contributed by atoms with Gasteiger partial charge in [-0.1, -0.05) is 45.0 Å². The minimum Gasteiger partial charge on any atom is -0.493 e. The van der Waals surface area contributed by atoms with Gasteiger partial charge in [-0.15, -0.1) is 0 Å². The first-order valence-electron chi connectivity index (χ1n) is 15.9. The van der Waals surface area contributed by atoms with Crippen LogP contribution in [0.2, 0.25) is 0 Å². The molecule has 250 valence electrons. The summed E-state index contributed by atoms with van der Waals surface area (Å²) in [5, 5.41) is 3.72. The number of para-hydroxylation sites is 2. The molecule has 0 spiro atoms. The molecule has 1 aliphatic heterocycles. The average molecular weight is 656 g/mol. The number of aromatic nitrogens is 1. The van der Waals surface area contributed by atoms with Crippen LogP contribution in [0.3, 0.4) is 0 Å². The second-order valence-corrected chi connectivity index (χ2v) is 13.4. The number of pyridine rings is 1. The summed E-state index contributed by atoms with van der Waals surface area (Å²) in [6.45, 7) is 6.52. The first-order chi connectivity index (χ1) is 22.9. The van der Waals surface area contributed by atoms with E-state index in [0.29, 0.717) is 40.1 Å². The van der Waals surface area contributed by atoms with E-state index in [0.717, 1.165) is 45.8 Å². The number of methoxy groups -OCH3 is 3. The highest BCUT2D eigenvalue weighted by molar-refractivity contribution is 6.09. The van der Waals surface area contributed by atoms with Crippen molar-refractivity contribution in [2.24, 2.45) is 11.3 Å². The maximum atomic E-state index is 14.6. The normalized spacial score (nSPS) is 18.6. The van der Waals surface area contributed by atoms with Crippen molar-refractivity contribution in [3.05, 3.63) is 88.6 Å². The second kappa shape index (κ2) is 12.9. The van der Waals surface area contributed by atoms with Crippen LogP contribution in [0.5, 0.6) is 17.2 Å². The van der Waals surface area contributed by atoms with Crippen molar-refractivity contribution < 1.29 is 32.6 Å². The molecule has 1 aliphatic carbocycles. The van der Waals surface area contributed by atoms with Gasteiger partial charge < -0.3 is 24.4 Å². The zero-order chi connectivity index (χ0) is 34.3. The van der Waals surface area contributed by atoms with Gasteiger partial charge in [-0.2, -0.15) is 0 Å². The summed E-state index contributed by atoms with van der Waals surface area (Å²) in [7, 11) is 4.70. The lowest BCUT2D eigenvalue weighted by Crippen LogP contribution is -2.38. The van der Waals surface area contributed by atoms with Gasteiger partial charge >= 0.3 is 0 Å². The lowest BCUT2D eigenvalue weighted by Gasteiger charge is -2.37. The molecule has 3 aromatic carbocycles. The zero-order valence-electron chi connectivity index (χ0n) is 27.9. The van der Waals surface area contributed by atoms with Crippen molar-refractivity contribution in [3.63, 3.8) is 0 Å². The molecule has 1 N–H and O–H groups in total. The number of nitrogens with one attached hydrogen (secondary N) is 1. The Balaban J connectivity index is 1.45. The van der Waals surface area contributed by atoms with Crippen LogP contribution in [0.1, 0.15) is 60.8 Å². The zero-order valence-corrected chi connectivity index (χ0v) is 27.9. The van der Waals surface area contributed by atoms with Crippen LogP contribution in [0, 0.1) is 23.0 Å². The molecule has 48 heavy (non-hydrogen) atoms. The van der Waals surface area contributed by atoms with E-state index in [1.54, 1.807) is 21.3 Å². The Morgan fingerprint density at radius 1 is 0.938 bits per heavy atom. The lowest BCUT2D eigenvalue weighted by atomic mass is 9.69. The largest absolute Gasteiger partial charge is 0.493 e. The SMILES string of the molecule is COc1cc(/C=C2/CC(C(C)(C)C)Cc3c2nc2ccccc2c3C(=O)NC2CC(=O)N(c3c(F)cccc3F)C2)cc(OC)c1OC. The van der Waals surface area contributed by atoms with Crippen LogP contribution in [-0.2, 0) is 11.2 Å². The summed E-state index contributed by atoms with van der Waals surface area (Å²) in [4.78, 5) is 33.5. The van der Waals surface area contributed by atoms with Crippen LogP contribution < -0.4 is 24.4 Å². The number of carbonyl (C=O) groups excluding carboxylic acids is 2. The van der Waals surface area contributed by atoms with Crippen molar-refractivity contribution in [1.29, 1.82) is 0 Å². The monoisotopic (exact) mass is 655 g/mol. The third kappa shape index (κ3) is 6.07. The Morgan fingerprint density at radius 3 is 2.23 bits per heavy atom. The van der Waals surface area contributed by atoms with Gasteiger partial charge in [0.1, 0.15) is 17.3 Å². The van der Waals surface area contributed by atoms with E-state index in [1.165, 1.54) is 6.07 Å². The first-order valence-corrected chi connectivity index (χ1v) is 15.9. The number of halogens is 2. The van der Waals surface area contributed by atoms with E-state index in [2.05, 4.69) is 32.2 Å². The Kier molecular flexibility index (Phi) is 8.85. The summed E-state index contributed by atoms with van der Waals surface area (Å²) >= 11 is 0. The van der Waals surface area contributed by atoms with Gasteiger partial charge in [-0.05, 0) is 77.3 Å². The fourth-order valence-electron chi connectivity index (χ4n) is 6.81. The van der Waals surface area contributed by atoms with Crippen LogP contribution in [-0.4, -0.2) is 50.7 Å². The second-order valence-electron chi connectivity index (χ2n) is 13.4. The number of rotatable bonds is 7. The maximum Gasteiger partial charge on any atom is 0.252 e. The minimum atomic E-state index is -0.829. The number of fused-ring (bicyclic) bond motifs is 2. The number of hydrogen-bond donors (Lipinski definition) is 1. The summed E-state index contributed by atoms with van der Waals surface area (Å²) in [5.41, 5.74) is 3.97. The quantitative estimate of drug-likeness (QED) is 0.226. The standard InChI is InChI=1S/C38H39F2N3O5/c1-38(2,3)23-17-22(14-21-15-30(46-4)36(48-6)31(16-21)47-5)34-26(18-23)33(25-10-7-8-13-29(25)42-34)37(45)41-24-19-32(44)43(20-24)35-27(39)11-9-12-28(35)40/h7-16,23-24H,17-20H2,1-6H3,(H,41,45)/b22-14-. The van der Waals surface area contributed by atoms with E-state index in [1.807, 2.05) is 36.4 Å². The molecule has 2 unspecified atom stereocenters. The van der Waals surface area contributed by atoms with Gasteiger partial charge in [0.05, 0.1) is 44.1 Å². The predicted octanol–water partition coefficient (Wildman–Crippen LogP) is 7.22. The lowest BCUT2D eigenvalue weighted by molar-refractivity contribution is -0.117. The predicted molar refractivity (Wildman–Crippen MR) is 182 cm³/mol. The molecule has 0 saturated carbocycles. The molecule has 2 atom stereocenters. The van der Waals surface area contributed by atoms with E-state index < -0.39 is 29.3 Å². The Hall–Kier alpha value is -4.99. The van der Waals surface area contributed by atoms with Crippen molar-refractivity contribution in [3.8, 4) is 17.2 Å². The smallest absolute Gasteiger partial charge is 0.252 e. The van der Waals surface area contributed by atoms with Gasteiger partial charge in [0.2, 0.25) is 11.7 Å². The third-order valence-electron chi connectivity index (χ3n) is 9.36. The number of hydrogen-bond acceptors (Lipinski definition) is 6. The van der Waals surface area contributed by atoms with Crippen LogP contribution in [0.15, 0.2) is 54.6 Å². The van der Waals surface area contributed by atoms with Crippen molar-refractivity contribution >= 4 is 40.1 Å². The Bertz CT molecular complexity index is 1910. The summed E-state index contributed by atoms with van der Waals surface area (Å²) in [5.74, 6) is -0.783. The number of nitrogens with zero attached hydrogens (tertiary/aromatic N) is 2. The number of ether oxygens (including phenoxy) is 3. The average Bonchev–Trinajstić information content (AvgIpc) is 3.41. The molecule has 8 nitrogen and oxygen atoms in total. The molecular weight excluding hydrogens is 616 g/mol. The molecule has 2 amide bonds. The van der Waals surface area contributed by atoms with E-state index >= 15 is 0 Å². The first kappa shape index (κ1) is 32.9. The van der Waals surface area contributed by atoms with Gasteiger partial charge in [0.15, 0.2) is 11.5 Å². The van der Waals surface area contributed by atoms with Crippen LogP contribution in [0.4, 0.5) is 14.5 Å². The Morgan fingerprint density at radius 2 is 1.60 bits per heavy atom. The number of carbonyl (C=O) groups is 2. The third-order valence-corrected chi connectivity index (χ3v) is 9.36. The van der Waals surface area contributed by atoms with Crippen molar-refractivity contribution in [2.75, 3.05) is 32.8 Å². The number of amides is 2. The molecule has 2 heterocycles. The van der Waals surface area contributed by atoms with E-state index in [9.17, 15) is 18.4 Å². The van der Waals surface area contributed by atoms with Crippen molar-refractivity contribution in [1.82, 2.24) is 10.3 Å². The van der Waals surface area contributed by atoms with Crippen LogP contribution >= 0.6 is 0 Å².